The van der Waals surface area contributed by atoms with Gasteiger partial charge in [0.05, 0.1) is 12.1 Å². The van der Waals surface area contributed by atoms with Crippen LogP contribution in [-0.4, -0.2) is 65.3 Å². The number of carbonyl (C=O) groups is 2. The first-order valence-electron chi connectivity index (χ1n) is 11.9. The fourth-order valence-corrected chi connectivity index (χ4v) is 6.06. The number of aryl methyl sites for hydroxylation is 1. The predicted molar refractivity (Wildman–Crippen MR) is 130 cm³/mol. The number of rotatable bonds is 5. The van der Waals surface area contributed by atoms with Gasteiger partial charge in [-0.05, 0) is 61.2 Å². The first-order chi connectivity index (χ1) is 15.5. The van der Waals surface area contributed by atoms with Crippen molar-refractivity contribution in [2.45, 2.75) is 58.5 Å². The molecule has 2 aliphatic heterocycles. The van der Waals surface area contributed by atoms with E-state index in [1.807, 2.05) is 28.1 Å². The van der Waals surface area contributed by atoms with Gasteiger partial charge in [0.2, 0.25) is 11.8 Å². The van der Waals surface area contributed by atoms with Crippen LogP contribution in [0.25, 0.3) is 0 Å². The monoisotopic (exact) mass is 453 g/mol. The number of benzene rings is 1. The molecule has 0 spiro atoms. The summed E-state index contributed by atoms with van der Waals surface area (Å²) >= 11 is 1.83. The largest absolute Gasteiger partial charge is 0.341 e. The zero-order valence-corrected chi connectivity index (χ0v) is 20.4. The molecule has 1 aromatic carbocycles. The summed E-state index contributed by atoms with van der Waals surface area (Å²) in [6.45, 7) is 9.91. The van der Waals surface area contributed by atoms with E-state index in [9.17, 15) is 9.59 Å². The van der Waals surface area contributed by atoms with Crippen molar-refractivity contribution in [2.75, 3.05) is 32.7 Å². The third-order valence-corrected chi connectivity index (χ3v) is 7.96. The quantitative estimate of drug-likeness (QED) is 0.680. The van der Waals surface area contributed by atoms with E-state index >= 15 is 0 Å². The van der Waals surface area contributed by atoms with Crippen LogP contribution < -0.4 is 0 Å². The van der Waals surface area contributed by atoms with Crippen LogP contribution in [0.4, 0.5) is 0 Å². The highest BCUT2D eigenvalue weighted by atomic mass is 32.1. The van der Waals surface area contributed by atoms with Gasteiger partial charge in [-0.2, -0.15) is 0 Å². The summed E-state index contributed by atoms with van der Waals surface area (Å²) < 4.78 is 0. The van der Waals surface area contributed by atoms with Crippen molar-refractivity contribution in [2.24, 2.45) is 0 Å². The van der Waals surface area contributed by atoms with Gasteiger partial charge in [0.15, 0.2) is 0 Å². The Labute approximate surface area is 196 Å². The fourth-order valence-electron chi connectivity index (χ4n) is 5.16. The number of hydrogen-bond donors (Lipinski definition) is 0. The van der Waals surface area contributed by atoms with Gasteiger partial charge in [0.1, 0.15) is 0 Å². The lowest BCUT2D eigenvalue weighted by Crippen LogP contribution is -2.51. The minimum Gasteiger partial charge on any atom is -0.341 e. The minimum atomic E-state index is -0.203. The lowest BCUT2D eigenvalue weighted by Gasteiger charge is -2.41. The third kappa shape index (κ3) is 4.62. The molecule has 0 unspecified atom stereocenters. The maximum atomic E-state index is 13.6. The van der Waals surface area contributed by atoms with Gasteiger partial charge in [0.25, 0.3) is 0 Å². The molecule has 1 aromatic heterocycles. The fraction of sp³-hybridized carbons (Fsp3) is 0.538. The van der Waals surface area contributed by atoms with Crippen LogP contribution in [-0.2, 0) is 16.0 Å². The van der Waals surface area contributed by atoms with Crippen molar-refractivity contribution >= 4 is 23.2 Å². The van der Waals surface area contributed by atoms with Gasteiger partial charge < -0.3 is 9.80 Å². The van der Waals surface area contributed by atoms with E-state index in [0.717, 1.165) is 38.9 Å². The van der Waals surface area contributed by atoms with Crippen LogP contribution in [0.5, 0.6) is 0 Å². The van der Waals surface area contributed by atoms with E-state index < -0.39 is 0 Å². The van der Waals surface area contributed by atoms with E-state index in [1.165, 1.54) is 21.6 Å². The summed E-state index contributed by atoms with van der Waals surface area (Å²) in [5.74, 6) is 0.405. The molecular weight excluding hydrogens is 418 g/mol. The van der Waals surface area contributed by atoms with Crippen LogP contribution >= 0.6 is 11.3 Å². The van der Waals surface area contributed by atoms with E-state index in [2.05, 4.69) is 54.5 Å². The molecule has 2 amide bonds. The van der Waals surface area contributed by atoms with Crippen LogP contribution in [0.3, 0.4) is 0 Å². The molecule has 1 saturated heterocycles. The lowest BCUT2D eigenvalue weighted by atomic mass is 9.89. The normalized spacial score (nSPS) is 20.5. The Morgan fingerprint density at radius 2 is 1.78 bits per heavy atom. The number of carbonyl (C=O) groups excluding carboxylic acids is 2. The Morgan fingerprint density at radius 3 is 2.56 bits per heavy atom. The first kappa shape index (κ1) is 23.0. The smallest absolute Gasteiger partial charge is 0.239 e. The highest BCUT2D eigenvalue weighted by Crippen LogP contribution is 2.40. The maximum absolute atomic E-state index is 13.6. The SMILES string of the molecule is CCCC(=O)N1CCCN(C(=O)[C@H](C)N2CCc3sccc3[C@@H]2c2ccccc2C)CC1. The molecule has 32 heavy (non-hydrogen) atoms. The van der Waals surface area contributed by atoms with E-state index in [0.29, 0.717) is 19.5 Å². The summed E-state index contributed by atoms with van der Waals surface area (Å²) in [4.78, 5) is 33.8. The molecule has 5 nitrogen and oxygen atoms in total. The Hall–Kier alpha value is -2.18. The standard InChI is InChI=1S/C26H35N3O2S/c1-4-8-24(30)27-13-7-14-28(17-16-27)26(31)20(3)29-15-11-23-22(12-18-32-23)25(29)21-10-6-5-9-19(21)2/h5-6,9-10,12,18,20,25H,4,7-8,11,13-17H2,1-3H3/t20-,25-/m0/s1. The van der Waals surface area contributed by atoms with Gasteiger partial charge >= 0.3 is 0 Å². The Kier molecular flexibility index (Phi) is 7.31. The zero-order chi connectivity index (χ0) is 22.7. The van der Waals surface area contributed by atoms with E-state index in [-0.39, 0.29) is 23.9 Å². The molecule has 2 aliphatic rings. The number of amides is 2. The molecule has 0 saturated carbocycles. The Bertz CT molecular complexity index is 956. The van der Waals surface area contributed by atoms with Gasteiger partial charge in [-0.25, -0.2) is 0 Å². The summed E-state index contributed by atoms with van der Waals surface area (Å²) in [7, 11) is 0. The van der Waals surface area contributed by atoms with Gasteiger partial charge in [-0.1, -0.05) is 31.2 Å². The highest BCUT2D eigenvalue weighted by Gasteiger charge is 2.37. The third-order valence-electron chi connectivity index (χ3n) is 6.97. The number of nitrogens with zero attached hydrogens (tertiary/aromatic N) is 3. The second-order valence-electron chi connectivity index (χ2n) is 9.03. The molecule has 2 aromatic rings. The summed E-state index contributed by atoms with van der Waals surface area (Å²) in [5, 5.41) is 2.18. The van der Waals surface area contributed by atoms with Crippen molar-refractivity contribution in [3.05, 3.63) is 57.3 Å². The first-order valence-corrected chi connectivity index (χ1v) is 12.8. The molecule has 6 heteroatoms. The molecule has 0 bridgehead atoms. The highest BCUT2D eigenvalue weighted by molar-refractivity contribution is 7.10. The lowest BCUT2D eigenvalue weighted by molar-refractivity contribution is -0.138. The van der Waals surface area contributed by atoms with Crippen LogP contribution in [0.15, 0.2) is 35.7 Å². The molecular formula is C26H35N3O2S. The van der Waals surface area contributed by atoms with Crippen molar-refractivity contribution < 1.29 is 9.59 Å². The molecule has 4 rings (SSSR count). The second-order valence-corrected chi connectivity index (χ2v) is 10.0. The second kappa shape index (κ2) is 10.2. The van der Waals surface area contributed by atoms with Gasteiger partial charge in [0, 0.05) is 44.0 Å². The number of fused-ring (bicyclic) bond motifs is 1. The Balaban J connectivity index is 1.54. The van der Waals surface area contributed by atoms with E-state index in [4.69, 9.17) is 0 Å². The summed E-state index contributed by atoms with van der Waals surface area (Å²) in [6.07, 6.45) is 3.31. The average molecular weight is 454 g/mol. The van der Waals surface area contributed by atoms with Crippen LogP contribution in [0.2, 0.25) is 0 Å². The van der Waals surface area contributed by atoms with Crippen molar-refractivity contribution in [3.8, 4) is 0 Å². The van der Waals surface area contributed by atoms with Crippen LogP contribution in [0, 0.1) is 6.92 Å². The van der Waals surface area contributed by atoms with E-state index in [1.54, 1.807) is 0 Å². The topological polar surface area (TPSA) is 43.9 Å². The molecule has 1 fully saturated rings. The number of hydrogen-bond acceptors (Lipinski definition) is 4. The molecule has 3 heterocycles. The molecule has 0 radical (unpaired) electrons. The van der Waals surface area contributed by atoms with Gasteiger partial charge in [-0.3, -0.25) is 14.5 Å². The molecule has 2 atom stereocenters. The number of thiophene rings is 1. The average Bonchev–Trinajstić information content (AvgIpc) is 3.14. The van der Waals surface area contributed by atoms with Crippen LogP contribution in [0.1, 0.15) is 60.7 Å². The summed E-state index contributed by atoms with van der Waals surface area (Å²) in [5.41, 5.74) is 3.90. The minimum absolute atomic E-state index is 0.111. The zero-order valence-electron chi connectivity index (χ0n) is 19.5. The van der Waals surface area contributed by atoms with Crippen molar-refractivity contribution in [3.63, 3.8) is 0 Å². The van der Waals surface area contributed by atoms with Crippen molar-refractivity contribution in [1.82, 2.24) is 14.7 Å². The molecule has 172 valence electrons. The molecule has 0 aliphatic carbocycles. The molecule has 0 N–H and O–H groups in total. The van der Waals surface area contributed by atoms with Crippen molar-refractivity contribution in [1.29, 1.82) is 0 Å². The predicted octanol–water partition coefficient (Wildman–Crippen LogP) is 4.25. The Morgan fingerprint density at radius 1 is 1.03 bits per heavy atom. The van der Waals surface area contributed by atoms with Gasteiger partial charge in [-0.15, -0.1) is 11.3 Å². The summed E-state index contributed by atoms with van der Waals surface area (Å²) in [6, 6.07) is 10.7. The maximum Gasteiger partial charge on any atom is 0.239 e.